The highest BCUT2D eigenvalue weighted by Crippen LogP contribution is 2.33. The third kappa shape index (κ3) is 6.72. The molecule has 0 radical (unpaired) electrons. The van der Waals surface area contributed by atoms with Crippen molar-refractivity contribution in [3.63, 3.8) is 0 Å². The summed E-state index contributed by atoms with van der Waals surface area (Å²) in [6.07, 6.45) is 5.52. The topological polar surface area (TPSA) is 43.2 Å². The molecule has 0 atom stereocenters. The molecule has 0 saturated carbocycles. The van der Waals surface area contributed by atoms with Gasteiger partial charge in [0.1, 0.15) is 0 Å². The lowest BCUT2D eigenvalue weighted by atomic mass is 10.0. The summed E-state index contributed by atoms with van der Waals surface area (Å²) in [5.41, 5.74) is 6.54. The Labute approximate surface area is 215 Å². The Morgan fingerprint density at radius 3 is 2.43 bits per heavy atom. The van der Waals surface area contributed by atoms with E-state index in [2.05, 4.69) is 43.0 Å². The molecule has 35 heavy (non-hydrogen) atoms. The Kier molecular flexibility index (Phi) is 9.48. The van der Waals surface area contributed by atoms with Gasteiger partial charge in [-0.15, -0.1) is 0 Å². The molecular formula is C30H35ClN4. The molecule has 182 valence electrons. The first-order valence-electron chi connectivity index (χ1n) is 12.2. The van der Waals surface area contributed by atoms with Crippen molar-refractivity contribution >= 4 is 28.6 Å². The van der Waals surface area contributed by atoms with Gasteiger partial charge in [0.25, 0.3) is 0 Å². The number of pyridine rings is 1. The van der Waals surface area contributed by atoms with Crippen molar-refractivity contribution in [3.05, 3.63) is 83.0 Å². The van der Waals surface area contributed by atoms with E-state index in [0.29, 0.717) is 10.6 Å². The van der Waals surface area contributed by atoms with Gasteiger partial charge in [-0.1, -0.05) is 68.4 Å². The third-order valence-electron chi connectivity index (χ3n) is 6.47. The number of allylic oxidation sites excluding steroid dienone is 1. The molecule has 2 aromatic carbocycles. The van der Waals surface area contributed by atoms with Crippen LogP contribution in [0.25, 0.3) is 28.2 Å². The number of piperazine rings is 1. The Hall–Kier alpha value is -3.13. The van der Waals surface area contributed by atoms with Gasteiger partial charge in [0.2, 0.25) is 0 Å². The molecule has 2 heterocycles. The van der Waals surface area contributed by atoms with E-state index >= 15 is 0 Å². The normalized spacial score (nSPS) is 13.6. The number of fused-ring (bicyclic) bond motifs is 1. The van der Waals surface area contributed by atoms with Gasteiger partial charge in [-0.05, 0) is 56.1 Å². The third-order valence-corrected chi connectivity index (χ3v) is 6.95. The zero-order valence-electron chi connectivity index (χ0n) is 21.1. The van der Waals surface area contributed by atoms with Crippen molar-refractivity contribution in [3.8, 4) is 17.3 Å². The van der Waals surface area contributed by atoms with E-state index in [1.165, 1.54) is 51.1 Å². The van der Waals surface area contributed by atoms with Crippen molar-refractivity contribution in [2.45, 2.75) is 33.1 Å². The van der Waals surface area contributed by atoms with Crippen LogP contribution in [0.1, 0.15) is 42.9 Å². The average molecular weight is 487 g/mol. The molecule has 4 rings (SSSR count). The molecule has 4 nitrogen and oxygen atoms in total. The molecule has 1 saturated heterocycles. The maximum Gasteiger partial charge on any atom is 0.0991 e. The van der Waals surface area contributed by atoms with Crippen LogP contribution >= 0.6 is 11.6 Å². The Balaban J connectivity index is 0.000000225. The van der Waals surface area contributed by atoms with Gasteiger partial charge < -0.3 is 9.80 Å². The molecule has 3 aromatic rings. The fourth-order valence-corrected chi connectivity index (χ4v) is 4.36. The highest BCUT2D eigenvalue weighted by Gasteiger charge is 2.14. The van der Waals surface area contributed by atoms with Crippen LogP contribution in [0.5, 0.6) is 0 Å². The second-order valence-electron chi connectivity index (χ2n) is 9.03. The van der Waals surface area contributed by atoms with Gasteiger partial charge in [0, 0.05) is 42.8 Å². The number of hydrogen-bond donors (Lipinski definition) is 0. The number of likely N-dealkylation sites (N-methyl/N-ethyl adjacent to an activating group) is 1. The van der Waals surface area contributed by atoms with Crippen molar-refractivity contribution in [2.75, 3.05) is 33.2 Å². The van der Waals surface area contributed by atoms with Crippen LogP contribution in [0.2, 0.25) is 5.02 Å². The minimum atomic E-state index is 0.627. The molecule has 1 aromatic heterocycles. The molecule has 1 aliphatic rings. The lowest BCUT2D eigenvalue weighted by Crippen LogP contribution is -2.43. The Bertz CT molecular complexity index is 1220. The molecule has 0 spiro atoms. The molecule has 0 bridgehead atoms. The number of nitriles is 1. The number of nitrogens with zero attached hydrogens (tertiary/aromatic N) is 4. The van der Waals surface area contributed by atoms with Crippen molar-refractivity contribution in [2.24, 2.45) is 0 Å². The lowest BCUT2D eigenvalue weighted by molar-refractivity contribution is 0.182. The highest BCUT2D eigenvalue weighted by atomic mass is 35.5. The largest absolute Gasteiger partial charge is 0.373 e. The molecule has 5 heteroatoms. The van der Waals surface area contributed by atoms with Crippen LogP contribution in [0.15, 0.2) is 61.3 Å². The predicted molar refractivity (Wildman–Crippen MR) is 149 cm³/mol. The summed E-state index contributed by atoms with van der Waals surface area (Å²) in [4.78, 5) is 9.57. The first-order chi connectivity index (χ1) is 16.9. The molecule has 0 aliphatic carbocycles. The highest BCUT2D eigenvalue weighted by molar-refractivity contribution is 6.36. The summed E-state index contributed by atoms with van der Waals surface area (Å²) in [7, 11) is 2.19. The van der Waals surface area contributed by atoms with Crippen molar-refractivity contribution in [1.82, 2.24) is 14.8 Å². The maximum absolute atomic E-state index is 8.90. The van der Waals surface area contributed by atoms with E-state index < -0.39 is 0 Å². The SMILES string of the molecule is C=C(CCCC)N1CCN(C)CC1.C=Cc1ccc2c(Cl)c(C)c(-c3ccc(C#N)cc3)nc2c1. The molecular weight excluding hydrogens is 452 g/mol. The summed E-state index contributed by atoms with van der Waals surface area (Å²) in [5.74, 6) is 0. The fraction of sp³-hybridized carbons (Fsp3) is 0.333. The zero-order valence-corrected chi connectivity index (χ0v) is 21.9. The minimum absolute atomic E-state index is 0.627. The van der Waals surface area contributed by atoms with Crippen LogP contribution in [0.3, 0.4) is 0 Å². The smallest absolute Gasteiger partial charge is 0.0991 e. The van der Waals surface area contributed by atoms with E-state index in [1.807, 2.05) is 37.3 Å². The van der Waals surface area contributed by atoms with E-state index in [9.17, 15) is 0 Å². The summed E-state index contributed by atoms with van der Waals surface area (Å²) >= 11 is 6.52. The second-order valence-corrected chi connectivity index (χ2v) is 9.41. The van der Waals surface area contributed by atoms with Crippen LogP contribution in [0.4, 0.5) is 0 Å². The number of benzene rings is 2. The summed E-state index contributed by atoms with van der Waals surface area (Å²) in [6, 6.07) is 15.4. The van der Waals surface area contributed by atoms with Gasteiger partial charge in [0.15, 0.2) is 0 Å². The number of aromatic nitrogens is 1. The standard InChI is InChI=1S/C19H13ClN2.C11H22N2/c1-3-13-6-9-16-17(10-13)22-19(12(2)18(16)20)15-7-4-14(11-21)5-8-15;1-4-5-6-11(2)13-9-7-12(3)8-10-13/h3-10H,1H2,2H3;2,4-10H2,1,3H3. The monoisotopic (exact) mass is 486 g/mol. The van der Waals surface area contributed by atoms with Crippen LogP contribution in [-0.2, 0) is 0 Å². The predicted octanol–water partition coefficient (Wildman–Crippen LogP) is 7.32. The average Bonchev–Trinajstić information content (AvgIpc) is 2.90. The second kappa shape index (κ2) is 12.5. The minimum Gasteiger partial charge on any atom is -0.373 e. The molecule has 1 aliphatic heterocycles. The quantitative estimate of drug-likeness (QED) is 0.366. The summed E-state index contributed by atoms with van der Waals surface area (Å²) in [5, 5.41) is 10.5. The fourth-order valence-electron chi connectivity index (χ4n) is 4.11. The number of hydrogen-bond acceptors (Lipinski definition) is 4. The number of unbranched alkanes of at least 4 members (excludes halogenated alkanes) is 1. The maximum atomic E-state index is 8.90. The van der Waals surface area contributed by atoms with Gasteiger partial charge in [-0.3, -0.25) is 0 Å². The molecule has 0 unspecified atom stereocenters. The Morgan fingerprint density at radius 1 is 1.14 bits per heavy atom. The zero-order chi connectivity index (χ0) is 25.4. The Morgan fingerprint density at radius 2 is 1.83 bits per heavy atom. The first-order valence-corrected chi connectivity index (χ1v) is 12.6. The van der Waals surface area contributed by atoms with E-state index in [-0.39, 0.29) is 0 Å². The molecule has 1 fully saturated rings. The van der Waals surface area contributed by atoms with Crippen molar-refractivity contribution in [1.29, 1.82) is 5.26 Å². The van der Waals surface area contributed by atoms with Gasteiger partial charge in [-0.2, -0.15) is 5.26 Å². The van der Waals surface area contributed by atoms with Gasteiger partial charge in [0.05, 0.1) is 27.9 Å². The van der Waals surface area contributed by atoms with Crippen LogP contribution in [0, 0.1) is 18.3 Å². The van der Waals surface area contributed by atoms with E-state index in [1.54, 1.807) is 18.2 Å². The van der Waals surface area contributed by atoms with E-state index in [4.69, 9.17) is 21.8 Å². The van der Waals surface area contributed by atoms with Gasteiger partial charge in [-0.25, -0.2) is 4.98 Å². The first kappa shape index (κ1) is 26.5. The number of rotatable bonds is 6. The summed E-state index contributed by atoms with van der Waals surface area (Å²) in [6.45, 7) is 16.8. The summed E-state index contributed by atoms with van der Waals surface area (Å²) < 4.78 is 0. The van der Waals surface area contributed by atoms with Crippen molar-refractivity contribution < 1.29 is 0 Å². The molecule has 0 N–H and O–H groups in total. The van der Waals surface area contributed by atoms with Crippen LogP contribution in [-0.4, -0.2) is 48.0 Å². The van der Waals surface area contributed by atoms with Gasteiger partial charge >= 0.3 is 0 Å². The van der Waals surface area contributed by atoms with E-state index in [0.717, 1.165) is 33.3 Å². The molecule has 0 amide bonds. The lowest BCUT2D eigenvalue weighted by Gasteiger charge is -2.35. The van der Waals surface area contributed by atoms with Crippen LogP contribution < -0.4 is 0 Å². The number of halogens is 1.